The molecule has 0 radical (unpaired) electrons. The highest BCUT2D eigenvalue weighted by Gasteiger charge is 2.09. The molecule has 2 rings (SSSR count). The second-order valence-electron chi connectivity index (χ2n) is 3.17. The van der Waals surface area contributed by atoms with Gasteiger partial charge in [-0.15, -0.1) is 0 Å². The Hall–Kier alpha value is -0.880. The molecule has 1 heterocycles. The molecule has 2 aromatic rings. The van der Waals surface area contributed by atoms with Gasteiger partial charge in [0.1, 0.15) is 5.69 Å². The molecule has 0 saturated heterocycles. The average molecular weight is 314 g/mol. The van der Waals surface area contributed by atoms with E-state index in [0.717, 1.165) is 23.6 Å². The van der Waals surface area contributed by atoms with Crippen molar-refractivity contribution in [2.75, 3.05) is 7.05 Å². The normalized spacial score (nSPS) is 10.5. The molecule has 1 aromatic carbocycles. The highest BCUT2D eigenvalue weighted by Crippen LogP contribution is 2.23. The van der Waals surface area contributed by atoms with E-state index >= 15 is 0 Å². The van der Waals surface area contributed by atoms with Gasteiger partial charge >= 0.3 is 0 Å². The summed E-state index contributed by atoms with van der Waals surface area (Å²) in [6.07, 6.45) is 1.49. The van der Waals surface area contributed by atoms with Crippen LogP contribution in [0.1, 0.15) is 5.69 Å². The Balaban J connectivity index is 2.36. The first kappa shape index (κ1) is 10.6. The number of rotatable bonds is 3. The van der Waals surface area contributed by atoms with Crippen LogP contribution in [0.4, 0.5) is 0 Å². The fourth-order valence-corrected chi connectivity index (χ4v) is 1.76. The van der Waals surface area contributed by atoms with E-state index in [1.807, 2.05) is 19.2 Å². The van der Waals surface area contributed by atoms with Crippen LogP contribution in [-0.4, -0.2) is 12.0 Å². The van der Waals surface area contributed by atoms with Gasteiger partial charge in [0.25, 0.3) is 0 Å². The van der Waals surface area contributed by atoms with Crippen LogP contribution in [-0.2, 0) is 6.54 Å². The maximum absolute atomic E-state index is 5.39. The third kappa shape index (κ3) is 2.38. The van der Waals surface area contributed by atoms with E-state index in [0.29, 0.717) is 0 Å². The largest absolute Gasteiger partial charge is 0.443 e. The highest BCUT2D eigenvalue weighted by atomic mass is 127. The van der Waals surface area contributed by atoms with Crippen molar-refractivity contribution in [1.82, 2.24) is 10.3 Å². The van der Waals surface area contributed by atoms with Crippen LogP contribution in [0.25, 0.3) is 11.3 Å². The SMILES string of the molecule is CNCc1ncoc1-c1ccc(I)cc1. The van der Waals surface area contributed by atoms with Crippen molar-refractivity contribution in [3.63, 3.8) is 0 Å². The van der Waals surface area contributed by atoms with Gasteiger partial charge in [-0.25, -0.2) is 4.98 Å². The molecule has 0 fully saturated rings. The number of oxazole rings is 1. The third-order valence-corrected chi connectivity index (χ3v) is 2.81. The zero-order valence-electron chi connectivity index (χ0n) is 8.33. The molecule has 0 unspecified atom stereocenters. The van der Waals surface area contributed by atoms with Crippen LogP contribution in [0.15, 0.2) is 35.1 Å². The van der Waals surface area contributed by atoms with Gasteiger partial charge in [-0.2, -0.15) is 0 Å². The quantitative estimate of drug-likeness (QED) is 0.885. The van der Waals surface area contributed by atoms with E-state index in [1.54, 1.807) is 0 Å². The summed E-state index contributed by atoms with van der Waals surface area (Å²) in [5.41, 5.74) is 2.01. The second-order valence-corrected chi connectivity index (χ2v) is 4.41. The van der Waals surface area contributed by atoms with Crippen molar-refractivity contribution >= 4 is 22.6 Å². The molecule has 1 aromatic heterocycles. The minimum absolute atomic E-state index is 0.720. The lowest BCUT2D eigenvalue weighted by Crippen LogP contribution is -2.06. The summed E-state index contributed by atoms with van der Waals surface area (Å²) in [6, 6.07) is 8.20. The molecule has 15 heavy (non-hydrogen) atoms. The molecule has 0 bridgehead atoms. The maximum atomic E-state index is 5.39. The summed E-state index contributed by atoms with van der Waals surface area (Å²) in [6.45, 7) is 0.720. The summed E-state index contributed by atoms with van der Waals surface area (Å²) in [7, 11) is 1.90. The van der Waals surface area contributed by atoms with Crippen molar-refractivity contribution in [3.05, 3.63) is 39.9 Å². The minimum atomic E-state index is 0.720. The van der Waals surface area contributed by atoms with Crippen LogP contribution in [0.2, 0.25) is 0 Å². The Kier molecular flexibility index (Phi) is 3.37. The molecule has 0 aliphatic rings. The van der Waals surface area contributed by atoms with E-state index in [2.05, 4.69) is 45.0 Å². The van der Waals surface area contributed by atoms with Gasteiger partial charge in [0, 0.05) is 15.7 Å². The monoisotopic (exact) mass is 314 g/mol. The molecular formula is C11H11IN2O. The van der Waals surface area contributed by atoms with Gasteiger partial charge in [0.2, 0.25) is 0 Å². The number of benzene rings is 1. The first-order valence-electron chi connectivity index (χ1n) is 4.64. The van der Waals surface area contributed by atoms with Crippen LogP contribution < -0.4 is 5.32 Å². The minimum Gasteiger partial charge on any atom is -0.443 e. The Labute approximate surface area is 102 Å². The lowest BCUT2D eigenvalue weighted by Gasteiger charge is -2.00. The molecule has 3 nitrogen and oxygen atoms in total. The number of nitrogens with zero attached hydrogens (tertiary/aromatic N) is 1. The molecule has 78 valence electrons. The lowest BCUT2D eigenvalue weighted by molar-refractivity contribution is 0.570. The van der Waals surface area contributed by atoms with E-state index in [4.69, 9.17) is 4.42 Å². The second kappa shape index (κ2) is 4.76. The first-order chi connectivity index (χ1) is 7.31. The van der Waals surface area contributed by atoms with Crippen molar-refractivity contribution in [3.8, 4) is 11.3 Å². The van der Waals surface area contributed by atoms with Crippen molar-refractivity contribution in [2.45, 2.75) is 6.54 Å². The molecule has 0 atom stereocenters. The van der Waals surface area contributed by atoms with Gasteiger partial charge < -0.3 is 9.73 Å². The van der Waals surface area contributed by atoms with Crippen LogP contribution in [0, 0.1) is 3.57 Å². The van der Waals surface area contributed by atoms with Crippen molar-refractivity contribution in [2.24, 2.45) is 0 Å². The molecular weight excluding hydrogens is 303 g/mol. The van der Waals surface area contributed by atoms with Gasteiger partial charge in [-0.05, 0) is 41.8 Å². The van der Waals surface area contributed by atoms with Crippen molar-refractivity contribution in [1.29, 1.82) is 0 Å². The summed E-state index contributed by atoms with van der Waals surface area (Å²) >= 11 is 2.28. The Morgan fingerprint density at radius 1 is 1.33 bits per heavy atom. The number of halogens is 1. The van der Waals surface area contributed by atoms with Gasteiger partial charge in [0.05, 0.1) is 0 Å². The molecule has 0 amide bonds. The fourth-order valence-electron chi connectivity index (χ4n) is 1.40. The first-order valence-corrected chi connectivity index (χ1v) is 5.72. The summed E-state index contributed by atoms with van der Waals surface area (Å²) < 4.78 is 6.60. The van der Waals surface area contributed by atoms with E-state index in [-0.39, 0.29) is 0 Å². The van der Waals surface area contributed by atoms with Gasteiger partial charge in [-0.1, -0.05) is 12.1 Å². The van der Waals surface area contributed by atoms with Crippen molar-refractivity contribution < 1.29 is 4.42 Å². The topological polar surface area (TPSA) is 38.1 Å². The van der Waals surface area contributed by atoms with E-state index < -0.39 is 0 Å². The standard InChI is InChI=1S/C11H11IN2O/c1-13-6-10-11(15-7-14-10)8-2-4-9(12)5-3-8/h2-5,7,13H,6H2,1H3. The zero-order valence-corrected chi connectivity index (χ0v) is 10.5. The van der Waals surface area contributed by atoms with Crippen LogP contribution in [0.3, 0.4) is 0 Å². The predicted molar refractivity (Wildman–Crippen MR) is 67.4 cm³/mol. The molecule has 4 heteroatoms. The molecule has 1 N–H and O–H groups in total. The smallest absolute Gasteiger partial charge is 0.181 e. The number of hydrogen-bond acceptors (Lipinski definition) is 3. The fraction of sp³-hybridized carbons (Fsp3) is 0.182. The molecule has 0 aliphatic carbocycles. The number of nitrogens with one attached hydrogen (secondary N) is 1. The summed E-state index contributed by atoms with van der Waals surface area (Å²) in [5, 5.41) is 3.07. The Bertz CT molecular complexity index is 436. The number of aromatic nitrogens is 1. The summed E-state index contributed by atoms with van der Waals surface area (Å²) in [4.78, 5) is 4.17. The Morgan fingerprint density at radius 2 is 2.07 bits per heavy atom. The molecule has 0 saturated carbocycles. The Morgan fingerprint density at radius 3 is 2.73 bits per heavy atom. The van der Waals surface area contributed by atoms with Crippen LogP contribution >= 0.6 is 22.6 Å². The average Bonchev–Trinajstić information content (AvgIpc) is 2.68. The lowest BCUT2D eigenvalue weighted by atomic mass is 10.1. The maximum Gasteiger partial charge on any atom is 0.181 e. The molecule has 0 aliphatic heterocycles. The number of hydrogen-bond donors (Lipinski definition) is 1. The van der Waals surface area contributed by atoms with Crippen LogP contribution in [0.5, 0.6) is 0 Å². The van der Waals surface area contributed by atoms with Gasteiger partial charge in [0.15, 0.2) is 12.2 Å². The van der Waals surface area contributed by atoms with Gasteiger partial charge in [-0.3, -0.25) is 0 Å². The predicted octanol–water partition coefficient (Wildman–Crippen LogP) is 2.67. The van der Waals surface area contributed by atoms with E-state index in [1.165, 1.54) is 9.96 Å². The zero-order chi connectivity index (χ0) is 10.7. The highest BCUT2D eigenvalue weighted by molar-refractivity contribution is 14.1. The van der Waals surface area contributed by atoms with E-state index in [9.17, 15) is 0 Å². The third-order valence-electron chi connectivity index (χ3n) is 2.09. The summed E-state index contributed by atoms with van der Waals surface area (Å²) in [5.74, 6) is 0.848. The molecule has 0 spiro atoms.